The number of anilines is 1. The quantitative estimate of drug-likeness (QED) is 0.658. The highest BCUT2D eigenvalue weighted by Crippen LogP contribution is 2.41. The van der Waals surface area contributed by atoms with E-state index in [2.05, 4.69) is 27.5 Å². The van der Waals surface area contributed by atoms with E-state index in [0.717, 1.165) is 40.7 Å². The molecule has 2 aliphatic rings. The largest absolute Gasteiger partial charge is 1.00 e. The minimum Gasteiger partial charge on any atom is -1.00 e. The summed E-state index contributed by atoms with van der Waals surface area (Å²) in [6.07, 6.45) is 1.06. The molecule has 2 heterocycles. The van der Waals surface area contributed by atoms with E-state index in [9.17, 15) is 13.9 Å². The van der Waals surface area contributed by atoms with Crippen LogP contribution < -0.4 is 26.6 Å². The van der Waals surface area contributed by atoms with Crippen LogP contribution in [-0.4, -0.2) is 40.3 Å². The summed E-state index contributed by atoms with van der Waals surface area (Å²) < 4.78 is 31.6. The zero-order chi connectivity index (χ0) is 19.9. The van der Waals surface area contributed by atoms with Crippen LogP contribution >= 0.6 is 11.8 Å². The van der Waals surface area contributed by atoms with Gasteiger partial charge in [0.25, 0.3) is 5.72 Å². The molecule has 1 unspecified atom stereocenters. The van der Waals surface area contributed by atoms with Gasteiger partial charge in [-0.25, -0.2) is 4.58 Å². The third-order valence-corrected chi connectivity index (χ3v) is 6.39. The first-order valence-electron chi connectivity index (χ1n) is 9.28. The monoisotopic (exact) mass is 484 g/mol. The Bertz CT molecular complexity index is 923. The lowest BCUT2D eigenvalue weighted by Gasteiger charge is -2.29. The number of alkyl halides is 2. The third-order valence-electron chi connectivity index (χ3n) is 5.19. The summed E-state index contributed by atoms with van der Waals surface area (Å²) in [5, 5.41) is 12.9. The molecule has 2 aromatic rings. The normalized spacial score (nSPS) is 21.2. The number of rotatable bonds is 4. The molecule has 4 nitrogen and oxygen atoms in total. The zero-order valence-corrected chi connectivity index (χ0v) is 18.6. The SMILES string of the molecule is Cc1ccc(C)c(N2C3=[N+](CCCS3)CC2(O)c2ccc(OC(F)F)cc2)c1.[Br-]. The maximum atomic E-state index is 12.5. The van der Waals surface area contributed by atoms with Crippen LogP contribution in [0.5, 0.6) is 5.75 Å². The van der Waals surface area contributed by atoms with E-state index in [0.29, 0.717) is 12.1 Å². The van der Waals surface area contributed by atoms with E-state index >= 15 is 0 Å². The van der Waals surface area contributed by atoms with Gasteiger partial charge in [0.1, 0.15) is 11.4 Å². The van der Waals surface area contributed by atoms with Gasteiger partial charge in [0.2, 0.25) is 0 Å². The molecule has 8 heteroatoms. The second-order valence-corrected chi connectivity index (χ2v) is 8.31. The summed E-state index contributed by atoms with van der Waals surface area (Å²) in [6.45, 7) is 2.51. The molecule has 29 heavy (non-hydrogen) atoms. The average molecular weight is 485 g/mol. The highest BCUT2D eigenvalue weighted by atomic mass is 79.9. The van der Waals surface area contributed by atoms with Crippen LogP contribution in [-0.2, 0) is 5.72 Å². The van der Waals surface area contributed by atoms with E-state index in [1.165, 1.54) is 12.1 Å². The fourth-order valence-corrected chi connectivity index (χ4v) is 5.01. The van der Waals surface area contributed by atoms with Crippen molar-refractivity contribution in [1.82, 2.24) is 0 Å². The van der Waals surface area contributed by atoms with Gasteiger partial charge < -0.3 is 26.8 Å². The Hall–Kier alpha value is -1.64. The molecular formula is C21H23BrF2N2O2S. The van der Waals surface area contributed by atoms with Gasteiger partial charge in [-0.15, -0.1) is 0 Å². The molecule has 2 aromatic carbocycles. The second kappa shape index (κ2) is 8.62. The van der Waals surface area contributed by atoms with Crippen LogP contribution in [0.3, 0.4) is 0 Å². The standard InChI is InChI=1S/C21H23F2N2O2S.BrH/c1-14-4-5-15(2)18(12-14)25-20-24(10-3-11-28-20)13-21(25,26)16-6-8-17(9-7-16)27-19(22)23;/h4-9,12,19,26H,3,10-11,13H2,1-2H3;1H/q+1;/p-1. The molecule has 0 saturated heterocycles. The van der Waals surface area contributed by atoms with Crippen LogP contribution in [0.15, 0.2) is 42.5 Å². The third kappa shape index (κ3) is 4.15. The number of nitrogens with zero attached hydrogens (tertiary/aromatic N) is 2. The molecule has 0 spiro atoms. The molecular weight excluding hydrogens is 462 g/mol. The lowest BCUT2D eigenvalue weighted by Crippen LogP contribution is -3.00. The smallest absolute Gasteiger partial charge is 0.387 e. The molecule has 4 rings (SSSR count). The Morgan fingerprint density at radius 1 is 1.17 bits per heavy atom. The summed E-state index contributed by atoms with van der Waals surface area (Å²) >= 11 is 1.74. The van der Waals surface area contributed by atoms with Gasteiger partial charge >= 0.3 is 11.8 Å². The molecule has 0 aromatic heterocycles. The number of benzene rings is 2. The summed E-state index contributed by atoms with van der Waals surface area (Å²) in [5.74, 6) is 1.09. The highest BCUT2D eigenvalue weighted by molar-refractivity contribution is 8.14. The maximum Gasteiger partial charge on any atom is 0.387 e. The van der Waals surface area contributed by atoms with Crippen molar-refractivity contribution >= 4 is 22.6 Å². The molecule has 156 valence electrons. The van der Waals surface area contributed by atoms with Crippen LogP contribution in [0.1, 0.15) is 23.1 Å². The van der Waals surface area contributed by atoms with Gasteiger partial charge in [-0.1, -0.05) is 12.1 Å². The molecule has 0 fully saturated rings. The van der Waals surface area contributed by atoms with Gasteiger partial charge in [0.05, 0.1) is 6.54 Å². The van der Waals surface area contributed by atoms with Crippen molar-refractivity contribution in [2.24, 2.45) is 0 Å². The Labute approximate surface area is 184 Å². The number of amidine groups is 1. The van der Waals surface area contributed by atoms with Crippen molar-refractivity contribution in [2.75, 3.05) is 23.7 Å². The number of halogens is 3. The van der Waals surface area contributed by atoms with Gasteiger partial charge in [0, 0.05) is 11.3 Å². The van der Waals surface area contributed by atoms with Gasteiger partial charge in [0.15, 0.2) is 6.54 Å². The Balaban J connectivity index is 0.00000240. The van der Waals surface area contributed by atoms with E-state index < -0.39 is 12.3 Å². The van der Waals surface area contributed by atoms with Gasteiger partial charge in [-0.05, 0) is 73.5 Å². The number of thioether (sulfide) groups is 1. The summed E-state index contributed by atoms with van der Waals surface area (Å²) in [5.41, 5.74) is 2.51. The lowest BCUT2D eigenvalue weighted by molar-refractivity contribution is -0.532. The number of ether oxygens (including phenoxy) is 1. The fourth-order valence-electron chi connectivity index (χ4n) is 3.84. The summed E-state index contributed by atoms with van der Waals surface area (Å²) in [6, 6.07) is 12.5. The first-order valence-corrected chi connectivity index (χ1v) is 10.3. The van der Waals surface area contributed by atoms with Crippen LogP contribution in [0.4, 0.5) is 14.5 Å². The molecule has 1 N–H and O–H groups in total. The molecule has 0 aliphatic carbocycles. The van der Waals surface area contributed by atoms with Crippen molar-refractivity contribution < 1.29 is 40.2 Å². The summed E-state index contributed by atoms with van der Waals surface area (Å²) in [7, 11) is 0. The first-order chi connectivity index (χ1) is 13.4. The Morgan fingerprint density at radius 3 is 2.59 bits per heavy atom. The van der Waals surface area contributed by atoms with Crippen molar-refractivity contribution in [3.8, 4) is 5.75 Å². The number of hydrogen-bond donors (Lipinski definition) is 1. The summed E-state index contributed by atoms with van der Waals surface area (Å²) in [4.78, 5) is 2.00. The molecule has 0 amide bonds. The van der Waals surface area contributed by atoms with Crippen LogP contribution in [0, 0.1) is 13.8 Å². The van der Waals surface area contributed by atoms with E-state index in [1.807, 2.05) is 18.7 Å². The van der Waals surface area contributed by atoms with Crippen molar-refractivity contribution in [2.45, 2.75) is 32.6 Å². The molecule has 0 radical (unpaired) electrons. The average Bonchev–Trinajstić information content (AvgIpc) is 2.97. The molecule has 0 saturated carbocycles. The predicted molar refractivity (Wildman–Crippen MR) is 107 cm³/mol. The van der Waals surface area contributed by atoms with Crippen LogP contribution in [0.25, 0.3) is 0 Å². The maximum absolute atomic E-state index is 12.5. The van der Waals surface area contributed by atoms with E-state index in [-0.39, 0.29) is 22.7 Å². The number of aryl methyl sites for hydroxylation is 2. The second-order valence-electron chi connectivity index (χ2n) is 7.25. The van der Waals surface area contributed by atoms with Crippen molar-refractivity contribution in [3.63, 3.8) is 0 Å². The molecule has 2 aliphatic heterocycles. The topological polar surface area (TPSA) is 35.7 Å². The fraction of sp³-hybridized carbons (Fsp3) is 0.381. The Kier molecular flexibility index (Phi) is 6.55. The minimum absolute atomic E-state index is 0. The van der Waals surface area contributed by atoms with Gasteiger partial charge in [-0.3, -0.25) is 0 Å². The highest BCUT2D eigenvalue weighted by Gasteiger charge is 2.55. The Morgan fingerprint density at radius 2 is 1.90 bits per heavy atom. The van der Waals surface area contributed by atoms with Crippen molar-refractivity contribution in [3.05, 3.63) is 59.2 Å². The van der Waals surface area contributed by atoms with Crippen molar-refractivity contribution in [1.29, 1.82) is 0 Å². The van der Waals surface area contributed by atoms with Gasteiger partial charge in [-0.2, -0.15) is 13.7 Å². The number of hydrogen-bond acceptors (Lipinski definition) is 4. The zero-order valence-electron chi connectivity index (χ0n) is 16.2. The predicted octanol–water partition coefficient (Wildman–Crippen LogP) is 1.08. The molecule has 1 atom stereocenters. The van der Waals surface area contributed by atoms with E-state index in [1.54, 1.807) is 23.9 Å². The molecule has 0 bridgehead atoms. The number of aliphatic hydroxyl groups is 1. The van der Waals surface area contributed by atoms with E-state index in [4.69, 9.17) is 0 Å². The minimum atomic E-state index is -2.87. The van der Waals surface area contributed by atoms with Crippen LogP contribution in [0.2, 0.25) is 0 Å². The first kappa shape index (κ1) is 22.1. The lowest BCUT2D eigenvalue weighted by atomic mass is 9.99.